The fraction of sp³-hybridized carbons (Fsp3) is 0.286. The van der Waals surface area contributed by atoms with Crippen LogP contribution < -0.4 is 4.87 Å². The van der Waals surface area contributed by atoms with E-state index in [-0.39, 0.29) is 4.87 Å². The van der Waals surface area contributed by atoms with E-state index < -0.39 is 0 Å². The van der Waals surface area contributed by atoms with Crippen molar-refractivity contribution in [1.29, 1.82) is 0 Å². The van der Waals surface area contributed by atoms with Crippen LogP contribution in [0.5, 0.6) is 0 Å². The van der Waals surface area contributed by atoms with Gasteiger partial charge >= 0.3 is 4.87 Å². The van der Waals surface area contributed by atoms with E-state index in [9.17, 15) is 4.79 Å². The maximum absolute atomic E-state index is 12.5. The summed E-state index contributed by atoms with van der Waals surface area (Å²) in [6.07, 6.45) is 1.99. The van der Waals surface area contributed by atoms with E-state index >= 15 is 0 Å². The van der Waals surface area contributed by atoms with Gasteiger partial charge in [-0.2, -0.15) is 0 Å². The number of fused-ring (bicyclic) bond motifs is 1. The molecule has 4 rings (SSSR count). The van der Waals surface area contributed by atoms with Crippen molar-refractivity contribution in [1.82, 2.24) is 19.3 Å². The van der Waals surface area contributed by atoms with Gasteiger partial charge in [0.15, 0.2) is 11.0 Å². The van der Waals surface area contributed by atoms with Crippen molar-refractivity contribution < 1.29 is 0 Å². The van der Waals surface area contributed by atoms with Gasteiger partial charge in [0.1, 0.15) is 0 Å². The van der Waals surface area contributed by atoms with E-state index in [0.717, 1.165) is 46.3 Å². The normalized spacial score (nSPS) is 11.3. The quantitative estimate of drug-likeness (QED) is 0.403. The van der Waals surface area contributed by atoms with Gasteiger partial charge in [-0.25, -0.2) is 0 Å². The zero-order chi connectivity index (χ0) is 19.3. The van der Waals surface area contributed by atoms with Gasteiger partial charge in [-0.15, -0.1) is 10.2 Å². The first-order valence-electron chi connectivity index (χ1n) is 9.43. The lowest BCUT2D eigenvalue weighted by Gasteiger charge is -2.11. The van der Waals surface area contributed by atoms with Gasteiger partial charge in [0.05, 0.1) is 16.8 Å². The van der Waals surface area contributed by atoms with Crippen molar-refractivity contribution in [3.63, 3.8) is 0 Å². The Morgan fingerprint density at radius 2 is 1.79 bits per heavy atom. The van der Waals surface area contributed by atoms with Crippen LogP contribution in [0, 0.1) is 0 Å². The largest absolute Gasteiger partial charge is 0.308 e. The monoisotopic (exact) mass is 410 g/mol. The first-order chi connectivity index (χ1) is 13.8. The Morgan fingerprint density at radius 1 is 1.00 bits per heavy atom. The Kier molecular flexibility index (Phi) is 5.92. The number of thioether (sulfide) groups is 1. The molecule has 4 aromatic rings. The highest BCUT2D eigenvalue weighted by Crippen LogP contribution is 2.21. The summed E-state index contributed by atoms with van der Waals surface area (Å²) in [5.41, 5.74) is 2.24. The Balaban J connectivity index is 1.65. The molecule has 0 atom stereocenters. The van der Waals surface area contributed by atoms with Crippen molar-refractivity contribution >= 4 is 33.3 Å². The average Bonchev–Trinajstić information content (AvgIpc) is 3.26. The van der Waals surface area contributed by atoms with Gasteiger partial charge in [-0.1, -0.05) is 72.5 Å². The SMILES string of the molecule is CCCSc1nnc(Cn2c(=O)sc3ccccc32)n1CCc1ccccc1. The highest BCUT2D eigenvalue weighted by Gasteiger charge is 2.16. The molecule has 2 aromatic heterocycles. The third kappa shape index (κ3) is 4.05. The second-order valence-electron chi connectivity index (χ2n) is 6.56. The molecule has 0 saturated heterocycles. The van der Waals surface area contributed by atoms with E-state index in [1.807, 2.05) is 30.3 Å². The second-order valence-corrected chi connectivity index (χ2v) is 8.61. The van der Waals surface area contributed by atoms with Crippen LogP contribution in [0.3, 0.4) is 0 Å². The van der Waals surface area contributed by atoms with Gasteiger partial charge in [-0.05, 0) is 30.5 Å². The highest BCUT2D eigenvalue weighted by molar-refractivity contribution is 7.99. The number of aromatic nitrogens is 4. The highest BCUT2D eigenvalue weighted by atomic mass is 32.2. The topological polar surface area (TPSA) is 52.7 Å². The Bertz CT molecular complexity index is 1110. The molecule has 7 heteroatoms. The van der Waals surface area contributed by atoms with Gasteiger partial charge in [0, 0.05) is 12.3 Å². The first kappa shape index (κ1) is 19.0. The molecule has 0 aliphatic carbocycles. The molecule has 0 bridgehead atoms. The molecule has 0 amide bonds. The number of benzene rings is 2. The number of rotatable bonds is 8. The summed E-state index contributed by atoms with van der Waals surface area (Å²) in [5, 5.41) is 9.79. The minimum absolute atomic E-state index is 0.0431. The first-order valence-corrected chi connectivity index (χ1v) is 11.2. The maximum atomic E-state index is 12.5. The number of hydrogen-bond acceptors (Lipinski definition) is 5. The van der Waals surface area contributed by atoms with Crippen molar-refractivity contribution in [2.24, 2.45) is 0 Å². The minimum Gasteiger partial charge on any atom is -0.304 e. The summed E-state index contributed by atoms with van der Waals surface area (Å²) in [6.45, 7) is 3.40. The summed E-state index contributed by atoms with van der Waals surface area (Å²) in [4.78, 5) is 12.6. The van der Waals surface area contributed by atoms with Gasteiger partial charge in [0.2, 0.25) is 0 Å². The van der Waals surface area contributed by atoms with Crippen LogP contribution in [0.25, 0.3) is 10.2 Å². The van der Waals surface area contributed by atoms with E-state index in [1.54, 1.807) is 16.3 Å². The molecule has 0 N–H and O–H groups in total. The van der Waals surface area contributed by atoms with Crippen LogP contribution in [0.2, 0.25) is 0 Å². The van der Waals surface area contributed by atoms with Crippen molar-refractivity contribution in [2.75, 3.05) is 5.75 Å². The van der Waals surface area contributed by atoms with Gasteiger partial charge in [0.25, 0.3) is 0 Å². The van der Waals surface area contributed by atoms with E-state index in [4.69, 9.17) is 0 Å². The lowest BCUT2D eigenvalue weighted by molar-refractivity contribution is 0.586. The predicted molar refractivity (Wildman–Crippen MR) is 116 cm³/mol. The summed E-state index contributed by atoms with van der Waals surface area (Å²) < 4.78 is 4.98. The number of nitrogens with zero attached hydrogens (tertiary/aromatic N) is 4. The van der Waals surface area contributed by atoms with Crippen LogP contribution in [-0.4, -0.2) is 25.1 Å². The zero-order valence-corrected chi connectivity index (χ0v) is 17.4. The Morgan fingerprint density at radius 3 is 2.61 bits per heavy atom. The number of thiazole rings is 1. The summed E-state index contributed by atoms with van der Waals surface area (Å²) in [5.74, 6) is 1.84. The Hall–Kier alpha value is -2.38. The van der Waals surface area contributed by atoms with E-state index in [0.29, 0.717) is 6.54 Å². The molecule has 0 unspecified atom stereocenters. The van der Waals surface area contributed by atoms with Crippen molar-refractivity contribution in [3.05, 3.63) is 75.7 Å². The fourth-order valence-corrected chi connectivity index (χ4v) is 4.88. The third-order valence-corrected chi connectivity index (χ3v) is 6.70. The van der Waals surface area contributed by atoms with E-state index in [2.05, 4.69) is 46.0 Å². The molecule has 28 heavy (non-hydrogen) atoms. The van der Waals surface area contributed by atoms with Crippen LogP contribution >= 0.6 is 23.1 Å². The molecule has 0 aliphatic rings. The predicted octanol–water partition coefficient (Wildman–Crippen LogP) is 4.45. The van der Waals surface area contributed by atoms with Crippen molar-refractivity contribution in [2.45, 2.75) is 38.0 Å². The minimum atomic E-state index is 0.0431. The smallest absolute Gasteiger partial charge is 0.304 e. The Labute approximate surface area is 172 Å². The maximum Gasteiger partial charge on any atom is 0.308 e. The summed E-state index contributed by atoms with van der Waals surface area (Å²) in [7, 11) is 0. The lowest BCUT2D eigenvalue weighted by atomic mass is 10.1. The van der Waals surface area contributed by atoms with Crippen LogP contribution in [0.1, 0.15) is 24.7 Å². The fourth-order valence-electron chi connectivity index (χ4n) is 3.15. The zero-order valence-electron chi connectivity index (χ0n) is 15.7. The van der Waals surface area contributed by atoms with E-state index in [1.165, 1.54) is 16.9 Å². The average molecular weight is 411 g/mol. The standard InChI is InChI=1S/C21H22N4OS2/c1-2-14-27-20-23-22-19(24(20)13-12-16-8-4-3-5-9-16)15-25-17-10-6-7-11-18(17)28-21(25)26/h3-11H,2,12-15H2,1H3. The molecule has 144 valence electrons. The lowest BCUT2D eigenvalue weighted by Crippen LogP contribution is -2.18. The third-order valence-electron chi connectivity index (χ3n) is 4.57. The molecular weight excluding hydrogens is 388 g/mol. The number of aryl methyl sites for hydroxylation is 1. The molecule has 2 heterocycles. The molecule has 2 aromatic carbocycles. The van der Waals surface area contributed by atoms with Gasteiger partial charge < -0.3 is 4.57 Å². The van der Waals surface area contributed by atoms with Crippen LogP contribution in [-0.2, 0) is 19.5 Å². The number of para-hydroxylation sites is 1. The second kappa shape index (κ2) is 8.75. The molecule has 0 spiro atoms. The summed E-state index contributed by atoms with van der Waals surface area (Å²) >= 11 is 3.01. The molecular formula is C21H22N4OS2. The molecule has 0 radical (unpaired) electrons. The molecule has 5 nitrogen and oxygen atoms in total. The van der Waals surface area contributed by atoms with Gasteiger partial charge in [-0.3, -0.25) is 9.36 Å². The molecule has 0 fully saturated rings. The van der Waals surface area contributed by atoms with Crippen LogP contribution in [0.15, 0.2) is 64.5 Å². The van der Waals surface area contributed by atoms with Crippen LogP contribution in [0.4, 0.5) is 0 Å². The summed E-state index contributed by atoms with van der Waals surface area (Å²) in [6, 6.07) is 18.3. The number of hydrogen-bond donors (Lipinski definition) is 0. The molecule has 0 saturated carbocycles. The van der Waals surface area contributed by atoms with Crippen molar-refractivity contribution in [3.8, 4) is 0 Å². The molecule has 0 aliphatic heterocycles.